The van der Waals surface area contributed by atoms with Crippen molar-refractivity contribution < 1.29 is 9.90 Å². The van der Waals surface area contributed by atoms with E-state index in [1.807, 2.05) is 0 Å². The van der Waals surface area contributed by atoms with Gasteiger partial charge in [-0.1, -0.05) is 36.2 Å². The van der Waals surface area contributed by atoms with Crippen LogP contribution in [-0.4, -0.2) is 31.3 Å². The molecule has 1 atom stereocenters. The zero-order valence-corrected chi connectivity index (χ0v) is 13.1. The van der Waals surface area contributed by atoms with Crippen molar-refractivity contribution in [2.75, 3.05) is 0 Å². The molecule has 0 aliphatic heterocycles. The number of aliphatic carboxylic acids is 1. The second-order valence-corrected chi connectivity index (χ2v) is 5.68. The summed E-state index contributed by atoms with van der Waals surface area (Å²) < 4.78 is 1.35. The van der Waals surface area contributed by atoms with Crippen LogP contribution >= 0.6 is 23.2 Å². The number of halogens is 2. The van der Waals surface area contributed by atoms with Gasteiger partial charge in [-0.2, -0.15) is 0 Å². The van der Waals surface area contributed by atoms with Crippen LogP contribution in [0, 0.1) is 0 Å². The SMILES string of the molecule is CCC(C)(C(=O)O)n1nnnc1Cc1ccc(Cl)c(Cl)c1. The van der Waals surface area contributed by atoms with Crippen molar-refractivity contribution in [3.05, 3.63) is 39.6 Å². The summed E-state index contributed by atoms with van der Waals surface area (Å²) in [6.07, 6.45) is 0.731. The Morgan fingerprint density at radius 2 is 2.10 bits per heavy atom. The van der Waals surface area contributed by atoms with Gasteiger partial charge in [-0.25, -0.2) is 9.48 Å². The van der Waals surface area contributed by atoms with E-state index in [-0.39, 0.29) is 0 Å². The normalized spacial score (nSPS) is 13.9. The predicted molar refractivity (Wildman–Crippen MR) is 78.7 cm³/mol. The molecule has 0 aliphatic rings. The van der Waals surface area contributed by atoms with Crippen molar-refractivity contribution in [1.82, 2.24) is 20.2 Å². The van der Waals surface area contributed by atoms with Crippen LogP contribution in [0.1, 0.15) is 31.7 Å². The van der Waals surface area contributed by atoms with Gasteiger partial charge in [-0.15, -0.1) is 5.10 Å². The van der Waals surface area contributed by atoms with Crippen LogP contribution in [0.15, 0.2) is 18.2 Å². The van der Waals surface area contributed by atoms with E-state index < -0.39 is 11.5 Å². The van der Waals surface area contributed by atoms with Gasteiger partial charge < -0.3 is 5.11 Å². The molecule has 1 aromatic carbocycles. The quantitative estimate of drug-likeness (QED) is 0.912. The molecule has 1 heterocycles. The molecule has 112 valence electrons. The van der Waals surface area contributed by atoms with E-state index in [4.69, 9.17) is 23.2 Å². The summed E-state index contributed by atoms with van der Waals surface area (Å²) >= 11 is 11.9. The Bertz CT molecular complexity index is 674. The lowest BCUT2D eigenvalue weighted by atomic mass is 9.99. The Labute approximate surface area is 131 Å². The van der Waals surface area contributed by atoms with E-state index in [2.05, 4.69) is 15.5 Å². The van der Waals surface area contributed by atoms with Gasteiger partial charge >= 0.3 is 5.97 Å². The highest BCUT2D eigenvalue weighted by Gasteiger charge is 2.36. The number of benzene rings is 1. The molecule has 2 rings (SSSR count). The molecular formula is C13H14Cl2N4O2. The monoisotopic (exact) mass is 328 g/mol. The minimum atomic E-state index is -1.19. The molecule has 6 nitrogen and oxygen atoms in total. The van der Waals surface area contributed by atoms with Crippen molar-refractivity contribution in [3.63, 3.8) is 0 Å². The number of hydrogen-bond acceptors (Lipinski definition) is 4. The highest BCUT2D eigenvalue weighted by Crippen LogP contribution is 2.25. The van der Waals surface area contributed by atoms with Crippen LogP contribution in [0.3, 0.4) is 0 Å². The van der Waals surface area contributed by atoms with Gasteiger partial charge in [0, 0.05) is 6.42 Å². The molecule has 1 aromatic heterocycles. The van der Waals surface area contributed by atoms with Crippen molar-refractivity contribution in [1.29, 1.82) is 0 Å². The molecule has 2 aromatic rings. The number of rotatable bonds is 5. The van der Waals surface area contributed by atoms with Crippen LogP contribution in [-0.2, 0) is 16.8 Å². The number of carboxylic acids is 1. The smallest absolute Gasteiger partial charge is 0.331 e. The summed E-state index contributed by atoms with van der Waals surface area (Å²) in [5.74, 6) is -0.521. The first kappa shape index (κ1) is 15.7. The molecule has 0 aliphatic carbocycles. The molecule has 0 fully saturated rings. The largest absolute Gasteiger partial charge is 0.479 e. The molecule has 8 heteroatoms. The van der Waals surface area contributed by atoms with Crippen molar-refractivity contribution in [3.8, 4) is 0 Å². The lowest BCUT2D eigenvalue weighted by Gasteiger charge is -2.24. The fraction of sp³-hybridized carbons (Fsp3) is 0.385. The molecule has 1 N–H and O–H groups in total. The Hall–Kier alpha value is -1.66. The van der Waals surface area contributed by atoms with E-state index in [0.29, 0.717) is 28.7 Å². The summed E-state index contributed by atoms with van der Waals surface area (Å²) in [5, 5.41) is 21.7. The van der Waals surface area contributed by atoms with E-state index in [9.17, 15) is 9.90 Å². The van der Waals surface area contributed by atoms with E-state index in [0.717, 1.165) is 5.56 Å². The van der Waals surface area contributed by atoms with Gasteiger partial charge in [0.05, 0.1) is 10.0 Å². The van der Waals surface area contributed by atoms with Crippen LogP contribution in [0.25, 0.3) is 0 Å². The molecule has 0 radical (unpaired) electrons. The number of carboxylic acid groups (broad SMARTS) is 1. The van der Waals surface area contributed by atoms with Crippen molar-refractivity contribution >= 4 is 29.2 Å². The second kappa shape index (κ2) is 5.99. The molecule has 0 bridgehead atoms. The van der Waals surface area contributed by atoms with Gasteiger partial charge in [0.15, 0.2) is 11.4 Å². The fourth-order valence-electron chi connectivity index (χ4n) is 1.92. The maximum Gasteiger partial charge on any atom is 0.331 e. The minimum Gasteiger partial charge on any atom is -0.479 e. The molecule has 1 unspecified atom stereocenters. The molecule has 0 amide bonds. The van der Waals surface area contributed by atoms with Crippen LogP contribution < -0.4 is 0 Å². The highest BCUT2D eigenvalue weighted by molar-refractivity contribution is 6.42. The Balaban J connectivity index is 2.36. The third kappa shape index (κ3) is 3.01. The van der Waals surface area contributed by atoms with E-state index in [1.165, 1.54) is 4.68 Å². The Morgan fingerprint density at radius 1 is 1.38 bits per heavy atom. The first-order chi connectivity index (χ1) is 9.88. The van der Waals surface area contributed by atoms with Crippen molar-refractivity contribution in [2.24, 2.45) is 0 Å². The molecular weight excluding hydrogens is 315 g/mol. The molecule has 0 saturated heterocycles. The van der Waals surface area contributed by atoms with Crippen LogP contribution in [0.4, 0.5) is 0 Å². The fourth-order valence-corrected chi connectivity index (χ4v) is 2.24. The number of nitrogens with zero attached hydrogens (tertiary/aromatic N) is 4. The summed E-state index contributed by atoms with van der Waals surface area (Å²) in [5.41, 5.74) is -0.334. The first-order valence-electron chi connectivity index (χ1n) is 6.33. The van der Waals surface area contributed by atoms with Gasteiger partial charge in [0.25, 0.3) is 0 Å². The number of carbonyl (C=O) groups is 1. The minimum absolute atomic E-state index is 0.363. The second-order valence-electron chi connectivity index (χ2n) is 4.86. The first-order valence-corrected chi connectivity index (χ1v) is 7.09. The van der Waals surface area contributed by atoms with Crippen LogP contribution in [0.5, 0.6) is 0 Å². The lowest BCUT2D eigenvalue weighted by Crippen LogP contribution is -2.40. The van der Waals surface area contributed by atoms with Gasteiger partial charge in [0.1, 0.15) is 0 Å². The van der Waals surface area contributed by atoms with Gasteiger partial charge in [-0.3, -0.25) is 0 Å². The lowest BCUT2D eigenvalue weighted by molar-refractivity contribution is -0.147. The summed E-state index contributed by atoms with van der Waals surface area (Å²) in [6, 6.07) is 5.20. The van der Waals surface area contributed by atoms with E-state index >= 15 is 0 Å². The highest BCUT2D eigenvalue weighted by atomic mass is 35.5. The third-order valence-electron chi connectivity index (χ3n) is 3.50. The Kier molecular flexibility index (Phi) is 4.49. The Morgan fingerprint density at radius 3 is 2.67 bits per heavy atom. The average Bonchev–Trinajstić information content (AvgIpc) is 2.90. The maximum absolute atomic E-state index is 11.5. The number of tetrazole rings is 1. The average molecular weight is 329 g/mol. The maximum atomic E-state index is 11.5. The zero-order valence-electron chi connectivity index (χ0n) is 11.5. The van der Waals surface area contributed by atoms with Gasteiger partial charge in [-0.05, 0) is 41.5 Å². The molecule has 21 heavy (non-hydrogen) atoms. The summed E-state index contributed by atoms with van der Waals surface area (Å²) in [6.45, 7) is 3.36. The zero-order chi connectivity index (χ0) is 15.6. The summed E-state index contributed by atoms with van der Waals surface area (Å²) in [7, 11) is 0. The van der Waals surface area contributed by atoms with Crippen LogP contribution in [0.2, 0.25) is 10.0 Å². The number of hydrogen-bond donors (Lipinski definition) is 1. The standard InChI is InChI=1S/C13H14Cl2N4O2/c1-3-13(2,12(20)21)19-11(16-17-18-19)7-8-4-5-9(14)10(15)6-8/h4-6H,3,7H2,1-2H3,(H,20,21). The predicted octanol–water partition coefficient (Wildman–Crippen LogP) is 2.78. The molecule has 0 spiro atoms. The number of aromatic nitrogens is 4. The molecule has 0 saturated carbocycles. The summed E-state index contributed by atoms with van der Waals surface area (Å²) in [4.78, 5) is 11.5. The van der Waals surface area contributed by atoms with E-state index in [1.54, 1.807) is 32.0 Å². The third-order valence-corrected chi connectivity index (χ3v) is 4.24. The van der Waals surface area contributed by atoms with Crippen molar-refractivity contribution in [2.45, 2.75) is 32.2 Å². The van der Waals surface area contributed by atoms with Gasteiger partial charge in [0.2, 0.25) is 0 Å². The topological polar surface area (TPSA) is 80.9 Å².